The van der Waals surface area contributed by atoms with Crippen molar-refractivity contribution in [3.63, 3.8) is 0 Å². The summed E-state index contributed by atoms with van der Waals surface area (Å²) in [7, 11) is 0. The number of nitrogens with two attached hydrogens (primary N) is 1. The van der Waals surface area contributed by atoms with Crippen molar-refractivity contribution < 1.29 is 23.5 Å². The van der Waals surface area contributed by atoms with E-state index in [2.05, 4.69) is 10.3 Å². The van der Waals surface area contributed by atoms with Gasteiger partial charge in [0.1, 0.15) is 22.4 Å². The average Bonchev–Trinajstić information content (AvgIpc) is 2.86. The molecule has 1 aromatic heterocycles. The first-order valence-corrected chi connectivity index (χ1v) is 8.44. The summed E-state index contributed by atoms with van der Waals surface area (Å²) in [5, 5.41) is 2.50. The molecule has 1 spiro atoms. The fourth-order valence-electron chi connectivity index (χ4n) is 3.89. The molecule has 1 amide bonds. The van der Waals surface area contributed by atoms with Gasteiger partial charge in [-0.1, -0.05) is 0 Å². The maximum Gasteiger partial charge on any atom is 0.341 e. The number of carbonyl (C=O) groups is 2. The van der Waals surface area contributed by atoms with Gasteiger partial charge in [0.2, 0.25) is 17.7 Å². The molecule has 28 heavy (non-hydrogen) atoms. The van der Waals surface area contributed by atoms with Crippen LogP contribution in [0, 0.1) is 0 Å². The molecule has 11 heteroatoms. The lowest BCUT2D eigenvalue weighted by Crippen LogP contribution is -2.51. The number of aromatic nitrogens is 2. The third-order valence-corrected chi connectivity index (χ3v) is 4.88. The molecule has 4 rings (SSSR count). The van der Waals surface area contributed by atoms with E-state index in [9.17, 15) is 23.6 Å². The molecule has 0 radical (unpaired) electrons. The number of amides is 1. The summed E-state index contributed by atoms with van der Waals surface area (Å²) in [6.45, 7) is 1.53. The third-order valence-electron chi connectivity index (χ3n) is 4.88. The van der Waals surface area contributed by atoms with E-state index < -0.39 is 45.8 Å². The van der Waals surface area contributed by atoms with E-state index in [1.807, 2.05) is 4.98 Å². The number of rotatable bonds is 2. The van der Waals surface area contributed by atoms with Gasteiger partial charge in [-0.2, -0.15) is 0 Å². The van der Waals surface area contributed by atoms with Crippen LogP contribution in [0.3, 0.4) is 0 Å². The zero-order valence-corrected chi connectivity index (χ0v) is 14.6. The van der Waals surface area contributed by atoms with Crippen LogP contribution >= 0.6 is 0 Å². The van der Waals surface area contributed by atoms with Crippen molar-refractivity contribution in [2.24, 2.45) is 5.73 Å². The van der Waals surface area contributed by atoms with Crippen LogP contribution in [0.2, 0.25) is 0 Å². The van der Waals surface area contributed by atoms with Gasteiger partial charge in [0.05, 0.1) is 6.61 Å². The first-order chi connectivity index (χ1) is 13.3. The van der Waals surface area contributed by atoms with Crippen LogP contribution in [-0.4, -0.2) is 28.5 Å². The summed E-state index contributed by atoms with van der Waals surface area (Å²) >= 11 is 0. The Balaban J connectivity index is 2.13. The van der Waals surface area contributed by atoms with E-state index in [4.69, 9.17) is 15.2 Å². The molecule has 1 atom stereocenters. The summed E-state index contributed by atoms with van der Waals surface area (Å²) in [5.74, 6) is -3.08. The molecular formula is C17H15FN4O6. The van der Waals surface area contributed by atoms with E-state index in [1.54, 1.807) is 6.92 Å². The monoisotopic (exact) mass is 390 g/mol. The molecule has 0 bridgehead atoms. The molecule has 0 saturated heterocycles. The molecule has 3 heterocycles. The summed E-state index contributed by atoms with van der Waals surface area (Å²) in [6.07, 6.45) is 1.12. The highest BCUT2D eigenvalue weighted by atomic mass is 19.1. The maximum atomic E-state index is 13.8. The second kappa shape index (κ2) is 5.94. The van der Waals surface area contributed by atoms with Gasteiger partial charge in [0.25, 0.3) is 5.56 Å². The van der Waals surface area contributed by atoms with E-state index in [0.717, 1.165) is 6.08 Å². The van der Waals surface area contributed by atoms with Crippen LogP contribution in [-0.2, 0) is 19.7 Å². The highest BCUT2D eigenvalue weighted by Crippen LogP contribution is 2.52. The van der Waals surface area contributed by atoms with Crippen molar-refractivity contribution in [3.8, 4) is 5.88 Å². The summed E-state index contributed by atoms with van der Waals surface area (Å²) in [6, 6.07) is 0. The van der Waals surface area contributed by atoms with Gasteiger partial charge in [-0.05, 0) is 25.0 Å². The van der Waals surface area contributed by atoms with Gasteiger partial charge in [-0.3, -0.25) is 19.6 Å². The standard InChI is InChI=1S/C17H15FN4O6/c1-2-27-14(24)9-11(19)28-13-10(12(23)21-16(26)22-13)17(9)7-4-3-6(18)5-8(7)20-15(17)25/h5H,2-4,19H2,1H3,(H,20,25)(H2,21,22,23,26). The fourth-order valence-corrected chi connectivity index (χ4v) is 3.89. The van der Waals surface area contributed by atoms with E-state index in [1.165, 1.54) is 0 Å². The largest absolute Gasteiger partial charge is 0.462 e. The zero-order chi connectivity index (χ0) is 20.2. The molecular weight excluding hydrogens is 375 g/mol. The molecule has 5 N–H and O–H groups in total. The Labute approximate surface area is 155 Å². The summed E-state index contributed by atoms with van der Waals surface area (Å²) in [5.41, 5.74) is 1.79. The highest BCUT2D eigenvalue weighted by molar-refractivity contribution is 6.10. The molecule has 1 aliphatic carbocycles. The number of allylic oxidation sites excluding steroid dienone is 2. The Morgan fingerprint density at radius 3 is 2.79 bits per heavy atom. The molecule has 2 aliphatic heterocycles. The van der Waals surface area contributed by atoms with Crippen molar-refractivity contribution in [2.45, 2.75) is 25.2 Å². The molecule has 146 valence electrons. The predicted octanol–water partition coefficient (Wildman–Crippen LogP) is -0.542. The maximum absolute atomic E-state index is 13.8. The normalized spacial score (nSPS) is 23.1. The number of fused-ring (bicyclic) bond motifs is 3. The first-order valence-electron chi connectivity index (χ1n) is 8.44. The van der Waals surface area contributed by atoms with E-state index >= 15 is 0 Å². The zero-order valence-electron chi connectivity index (χ0n) is 14.6. The van der Waals surface area contributed by atoms with Crippen LogP contribution in [0.25, 0.3) is 0 Å². The number of hydrogen-bond acceptors (Lipinski definition) is 7. The number of hydrogen-bond donors (Lipinski definition) is 4. The molecule has 3 aliphatic rings. The lowest BCUT2D eigenvalue weighted by atomic mass is 9.67. The van der Waals surface area contributed by atoms with Crippen LogP contribution in [0.15, 0.2) is 44.2 Å². The number of aromatic amines is 2. The molecule has 0 fully saturated rings. The molecule has 1 aromatic rings. The fraction of sp³-hybridized carbons (Fsp3) is 0.294. The van der Waals surface area contributed by atoms with Crippen LogP contribution in [0.5, 0.6) is 5.88 Å². The molecule has 0 aromatic carbocycles. The van der Waals surface area contributed by atoms with Crippen molar-refractivity contribution in [2.75, 3.05) is 6.61 Å². The Hall–Kier alpha value is -3.63. The Bertz CT molecular complexity index is 1140. The highest BCUT2D eigenvalue weighted by Gasteiger charge is 2.61. The quantitative estimate of drug-likeness (QED) is 0.494. The smallest absolute Gasteiger partial charge is 0.341 e. The number of H-pyrrole nitrogens is 2. The van der Waals surface area contributed by atoms with Gasteiger partial charge in [0.15, 0.2) is 0 Å². The second-order valence-electron chi connectivity index (χ2n) is 6.36. The minimum atomic E-state index is -2.01. The van der Waals surface area contributed by atoms with Crippen LogP contribution < -0.4 is 27.0 Å². The predicted molar refractivity (Wildman–Crippen MR) is 91.4 cm³/mol. The van der Waals surface area contributed by atoms with Gasteiger partial charge in [-0.25, -0.2) is 14.0 Å². The number of carbonyl (C=O) groups excluding carboxylic acids is 2. The van der Waals surface area contributed by atoms with Crippen molar-refractivity contribution in [1.82, 2.24) is 15.3 Å². The number of nitrogens with one attached hydrogen (secondary N) is 3. The van der Waals surface area contributed by atoms with Gasteiger partial charge in [0, 0.05) is 12.1 Å². The van der Waals surface area contributed by atoms with Crippen molar-refractivity contribution >= 4 is 11.9 Å². The average molecular weight is 390 g/mol. The lowest BCUT2D eigenvalue weighted by Gasteiger charge is -2.35. The van der Waals surface area contributed by atoms with E-state index in [0.29, 0.717) is 0 Å². The number of ether oxygens (including phenoxy) is 2. The Morgan fingerprint density at radius 1 is 1.32 bits per heavy atom. The molecule has 10 nitrogen and oxygen atoms in total. The topological polar surface area (TPSA) is 156 Å². The second-order valence-corrected chi connectivity index (χ2v) is 6.36. The van der Waals surface area contributed by atoms with Crippen molar-refractivity contribution in [3.05, 3.63) is 61.0 Å². The van der Waals surface area contributed by atoms with Gasteiger partial charge < -0.3 is 20.5 Å². The summed E-state index contributed by atoms with van der Waals surface area (Å²) < 4.78 is 24.1. The lowest BCUT2D eigenvalue weighted by molar-refractivity contribution is -0.141. The number of esters is 1. The molecule has 1 unspecified atom stereocenters. The summed E-state index contributed by atoms with van der Waals surface area (Å²) in [4.78, 5) is 54.6. The minimum absolute atomic E-state index is 0.0252. The minimum Gasteiger partial charge on any atom is -0.462 e. The third kappa shape index (κ3) is 2.19. The van der Waals surface area contributed by atoms with Gasteiger partial charge >= 0.3 is 11.7 Å². The first kappa shape index (κ1) is 17.8. The van der Waals surface area contributed by atoms with E-state index in [-0.39, 0.29) is 42.2 Å². The Morgan fingerprint density at radius 2 is 2.07 bits per heavy atom. The van der Waals surface area contributed by atoms with Crippen LogP contribution in [0.1, 0.15) is 25.3 Å². The number of halogens is 1. The van der Waals surface area contributed by atoms with Crippen LogP contribution in [0.4, 0.5) is 4.39 Å². The Kier molecular flexibility index (Phi) is 3.77. The molecule has 0 saturated carbocycles. The van der Waals surface area contributed by atoms with Gasteiger partial charge in [-0.15, -0.1) is 0 Å². The SMILES string of the molecule is CCOC(=O)C1=C(N)Oc2[nH]c(=O)[nH]c(=O)c2C12C(=O)NC1=C2CCC(F)=C1. The van der Waals surface area contributed by atoms with Crippen molar-refractivity contribution in [1.29, 1.82) is 0 Å².